The number of carboxylic acids is 1. The molecule has 0 bridgehead atoms. The number of ether oxygens (including phenoxy) is 1. The fraction of sp³-hybridized carbons (Fsp3) is 0.761. The summed E-state index contributed by atoms with van der Waals surface area (Å²) >= 11 is 6.24. The fourth-order valence-electron chi connectivity index (χ4n) is 14.7. The SMILES string of the molecule is CC(C)C1=C2[C@H]3CC[C@@H]4[C@@]5(C)CC[C@H](OC(=O)CC(C)(C)C(=O)O)C6(C)C[C@]65CC[C@@]4(C)[C@]3(C)CC[C@@]2(CCNC2(c3ccc(Cl)cc3)CC2)CC1=O. The zero-order valence-electron chi connectivity index (χ0n) is 33.7. The van der Waals surface area contributed by atoms with E-state index in [-0.39, 0.29) is 62.4 Å². The molecule has 53 heavy (non-hydrogen) atoms. The lowest BCUT2D eigenvalue weighted by molar-refractivity contribution is -0.218. The van der Waals surface area contributed by atoms with Crippen molar-refractivity contribution in [3.63, 3.8) is 0 Å². The summed E-state index contributed by atoms with van der Waals surface area (Å²) in [7, 11) is 0. The Morgan fingerprint density at radius 3 is 2.23 bits per heavy atom. The number of rotatable bonds is 10. The summed E-state index contributed by atoms with van der Waals surface area (Å²) in [6, 6.07) is 8.36. The lowest BCUT2D eigenvalue weighted by Gasteiger charge is -2.71. The number of hydrogen-bond donors (Lipinski definition) is 2. The van der Waals surface area contributed by atoms with Crippen molar-refractivity contribution in [1.82, 2.24) is 5.32 Å². The Morgan fingerprint density at radius 1 is 0.906 bits per heavy atom. The Morgan fingerprint density at radius 2 is 1.58 bits per heavy atom. The van der Waals surface area contributed by atoms with E-state index in [4.69, 9.17) is 16.3 Å². The van der Waals surface area contributed by atoms with Crippen molar-refractivity contribution in [3.8, 4) is 0 Å². The predicted molar refractivity (Wildman–Crippen MR) is 208 cm³/mol. The van der Waals surface area contributed by atoms with Crippen LogP contribution in [0, 0.1) is 55.7 Å². The number of carboxylic acid groups (broad SMARTS) is 1. The molecule has 0 radical (unpaired) electrons. The number of hydrogen-bond acceptors (Lipinski definition) is 5. The van der Waals surface area contributed by atoms with Gasteiger partial charge in [-0.2, -0.15) is 0 Å². The third-order valence-electron chi connectivity index (χ3n) is 18.2. The monoisotopic (exact) mass is 745 g/mol. The minimum Gasteiger partial charge on any atom is -0.481 e. The summed E-state index contributed by atoms with van der Waals surface area (Å²) in [5.74, 6) is 0.326. The highest BCUT2D eigenvalue weighted by Crippen LogP contribution is 2.87. The second-order valence-electron chi connectivity index (χ2n) is 21.1. The smallest absolute Gasteiger partial charge is 0.309 e. The van der Waals surface area contributed by atoms with E-state index >= 15 is 0 Å². The Balaban J connectivity index is 1.04. The van der Waals surface area contributed by atoms with Crippen LogP contribution in [0.3, 0.4) is 0 Å². The number of nitrogens with one attached hydrogen (secondary N) is 1. The molecule has 7 aliphatic carbocycles. The van der Waals surface area contributed by atoms with E-state index in [1.165, 1.54) is 30.4 Å². The van der Waals surface area contributed by atoms with Crippen molar-refractivity contribution in [2.24, 2.45) is 55.7 Å². The highest BCUT2D eigenvalue weighted by Gasteiger charge is 2.82. The van der Waals surface area contributed by atoms with Crippen LogP contribution in [0.1, 0.15) is 151 Å². The number of fused-ring (bicyclic) bond motifs is 6. The summed E-state index contributed by atoms with van der Waals surface area (Å²) in [6.45, 7) is 18.9. The van der Waals surface area contributed by atoms with Gasteiger partial charge in [0.2, 0.25) is 0 Å². The van der Waals surface area contributed by atoms with Gasteiger partial charge in [0.15, 0.2) is 5.78 Å². The van der Waals surface area contributed by atoms with E-state index in [0.29, 0.717) is 24.0 Å². The molecular weight excluding hydrogens is 682 g/mol. The molecule has 2 N–H and O–H groups in total. The third kappa shape index (κ3) is 5.14. The number of esters is 1. The molecule has 1 aromatic carbocycles. The van der Waals surface area contributed by atoms with Crippen LogP contribution in [0.5, 0.6) is 0 Å². The minimum absolute atomic E-state index is 0.0422. The van der Waals surface area contributed by atoms with Crippen LogP contribution in [0.15, 0.2) is 35.4 Å². The normalized spacial score (nSPS) is 42.2. The van der Waals surface area contributed by atoms with Crippen LogP contribution in [0.2, 0.25) is 5.02 Å². The highest BCUT2D eigenvalue weighted by molar-refractivity contribution is 6.30. The number of carbonyl (C=O) groups is 3. The number of aliphatic carboxylic acids is 1. The molecule has 0 aromatic heterocycles. The molecule has 6 saturated carbocycles. The standard InChI is InChI=1S/C46H64ClNO5/c1-28(2)36-32(49)25-44(23-24-48-45(20-21-45)29-9-11-30(47)12-10-29)19-17-40(5)31(37(36)44)13-14-33-41(40,6)18-22-46-27-43(46,8)34(15-16-42(33,46)7)53-35(50)26-39(3,4)38(51)52/h9-12,28,31,33-34,48H,13-27H2,1-8H3,(H,51,52)/t31-,33+,34+,40-,41-,42-,43?,44-,46+/m1/s1. The largest absolute Gasteiger partial charge is 0.481 e. The number of Topliss-reactive ketones (excluding diaryl/α,β-unsaturated/α-hetero) is 1. The first-order valence-electron chi connectivity index (χ1n) is 21.0. The van der Waals surface area contributed by atoms with Gasteiger partial charge in [-0.3, -0.25) is 14.4 Å². The van der Waals surface area contributed by atoms with Gasteiger partial charge in [0.1, 0.15) is 6.10 Å². The first-order chi connectivity index (χ1) is 24.7. The fourth-order valence-corrected chi connectivity index (χ4v) is 14.8. The van der Waals surface area contributed by atoms with Gasteiger partial charge in [-0.25, -0.2) is 0 Å². The number of allylic oxidation sites excluding steroid dienone is 2. The summed E-state index contributed by atoms with van der Waals surface area (Å²) in [5.41, 5.74) is 3.45. The van der Waals surface area contributed by atoms with Gasteiger partial charge in [0.25, 0.3) is 0 Å². The first-order valence-corrected chi connectivity index (χ1v) is 21.3. The van der Waals surface area contributed by atoms with Gasteiger partial charge in [0.05, 0.1) is 11.8 Å². The quantitative estimate of drug-likeness (QED) is 0.232. The maximum Gasteiger partial charge on any atom is 0.309 e. The summed E-state index contributed by atoms with van der Waals surface area (Å²) in [4.78, 5) is 39.0. The summed E-state index contributed by atoms with van der Waals surface area (Å²) in [5, 5.41) is 14.4. The number of benzene rings is 1. The zero-order chi connectivity index (χ0) is 38.2. The van der Waals surface area contributed by atoms with Crippen LogP contribution >= 0.6 is 11.6 Å². The molecule has 1 unspecified atom stereocenters. The number of halogens is 1. The van der Waals surface area contributed by atoms with E-state index < -0.39 is 11.4 Å². The molecule has 1 aromatic rings. The van der Waals surface area contributed by atoms with Gasteiger partial charge in [-0.05, 0) is 160 Å². The van der Waals surface area contributed by atoms with Crippen molar-refractivity contribution >= 4 is 29.3 Å². The van der Waals surface area contributed by atoms with E-state index in [2.05, 4.69) is 59.0 Å². The van der Waals surface area contributed by atoms with Crippen LogP contribution in [0.25, 0.3) is 0 Å². The van der Waals surface area contributed by atoms with E-state index in [9.17, 15) is 19.5 Å². The van der Waals surface area contributed by atoms with Crippen molar-refractivity contribution in [3.05, 3.63) is 46.0 Å². The van der Waals surface area contributed by atoms with Gasteiger partial charge in [0, 0.05) is 27.8 Å². The molecule has 6 fully saturated rings. The van der Waals surface area contributed by atoms with Crippen molar-refractivity contribution < 1.29 is 24.2 Å². The van der Waals surface area contributed by atoms with Crippen LogP contribution in [-0.2, 0) is 24.7 Å². The highest BCUT2D eigenvalue weighted by atomic mass is 35.5. The summed E-state index contributed by atoms with van der Waals surface area (Å²) < 4.78 is 6.23. The molecule has 0 saturated heterocycles. The maximum atomic E-state index is 14.1. The van der Waals surface area contributed by atoms with Crippen molar-refractivity contribution in [1.29, 1.82) is 0 Å². The Hall–Kier alpha value is -2.18. The first kappa shape index (κ1) is 37.7. The Labute approximate surface area is 323 Å². The second kappa shape index (κ2) is 11.9. The average Bonchev–Trinajstić information content (AvgIpc) is 3.96. The minimum atomic E-state index is -1.14. The van der Waals surface area contributed by atoms with Crippen LogP contribution in [0.4, 0.5) is 0 Å². The van der Waals surface area contributed by atoms with Gasteiger partial charge in [-0.1, -0.05) is 70.8 Å². The molecular formula is C46H64ClNO5. The Bertz CT molecular complexity index is 1760. The number of ketones is 1. The van der Waals surface area contributed by atoms with Crippen molar-refractivity contribution in [2.45, 2.75) is 157 Å². The topological polar surface area (TPSA) is 92.7 Å². The molecule has 290 valence electrons. The van der Waals surface area contributed by atoms with Gasteiger partial charge < -0.3 is 15.2 Å². The molecule has 8 rings (SSSR count). The maximum absolute atomic E-state index is 14.1. The third-order valence-corrected chi connectivity index (χ3v) is 18.4. The van der Waals surface area contributed by atoms with Gasteiger partial charge >= 0.3 is 11.9 Å². The van der Waals surface area contributed by atoms with Gasteiger partial charge in [-0.15, -0.1) is 0 Å². The average molecular weight is 746 g/mol. The van der Waals surface area contributed by atoms with E-state index in [1.54, 1.807) is 19.4 Å². The molecule has 0 aliphatic heterocycles. The molecule has 6 nitrogen and oxygen atoms in total. The Kier molecular flexibility index (Phi) is 8.48. The lowest BCUT2D eigenvalue weighted by Crippen LogP contribution is -2.64. The lowest BCUT2D eigenvalue weighted by atomic mass is 9.33. The molecule has 9 atom stereocenters. The molecule has 0 heterocycles. The van der Waals surface area contributed by atoms with E-state index in [1.807, 2.05) is 12.1 Å². The van der Waals surface area contributed by atoms with E-state index in [0.717, 1.165) is 69.4 Å². The summed E-state index contributed by atoms with van der Waals surface area (Å²) in [6.07, 6.45) is 13.7. The van der Waals surface area contributed by atoms with Crippen LogP contribution in [-0.4, -0.2) is 35.5 Å². The predicted octanol–water partition coefficient (Wildman–Crippen LogP) is 10.5. The zero-order valence-corrected chi connectivity index (χ0v) is 34.4. The second-order valence-corrected chi connectivity index (χ2v) is 21.6. The van der Waals surface area contributed by atoms with Crippen molar-refractivity contribution in [2.75, 3.05) is 6.54 Å². The molecule has 1 spiro atoms. The molecule has 7 heteroatoms. The molecule has 0 amide bonds. The van der Waals surface area contributed by atoms with Crippen LogP contribution < -0.4 is 5.32 Å². The molecule has 7 aliphatic rings. The number of carbonyl (C=O) groups excluding carboxylic acids is 2.